The smallest absolute Gasteiger partial charge is 0.311 e. The van der Waals surface area contributed by atoms with E-state index in [-0.39, 0.29) is 5.91 Å². The molecule has 1 aliphatic heterocycles. The highest BCUT2D eigenvalue weighted by atomic mass is 16.4. The Bertz CT molecular complexity index is 496. The lowest BCUT2D eigenvalue weighted by atomic mass is 9.89. The summed E-state index contributed by atoms with van der Waals surface area (Å²) in [6.07, 6.45) is 0.974. The first kappa shape index (κ1) is 13.6. The predicted octanol–water partition coefficient (Wildman–Crippen LogP) is 2.64. The molecule has 2 rings (SSSR count). The number of carboxylic acid groups (broad SMARTS) is 1. The molecule has 0 fully saturated rings. The summed E-state index contributed by atoms with van der Waals surface area (Å²) >= 11 is 0. The second-order valence-corrected chi connectivity index (χ2v) is 5.38. The van der Waals surface area contributed by atoms with Crippen LogP contribution in [0.25, 0.3) is 0 Å². The second kappa shape index (κ2) is 5.43. The molecule has 1 aliphatic rings. The molecule has 1 unspecified atom stereocenters. The summed E-state index contributed by atoms with van der Waals surface area (Å²) in [6, 6.07) is 7.31. The molecule has 1 N–H and O–H groups in total. The Balaban J connectivity index is 2.33. The summed E-state index contributed by atoms with van der Waals surface area (Å²) in [5, 5.41) is 9.25. The van der Waals surface area contributed by atoms with Crippen molar-refractivity contribution in [3.8, 4) is 0 Å². The number of para-hydroxylation sites is 1. The SMILES string of the molecule is CC(C)CC(=O)N1CCC(C(=O)O)c2ccccc21. The number of anilines is 1. The molecule has 1 heterocycles. The number of fused-ring (bicyclic) bond motifs is 1. The van der Waals surface area contributed by atoms with Crippen LogP contribution in [0.2, 0.25) is 0 Å². The number of benzene rings is 1. The Morgan fingerprint density at radius 1 is 1.37 bits per heavy atom. The van der Waals surface area contributed by atoms with E-state index in [1.165, 1.54) is 0 Å². The van der Waals surface area contributed by atoms with Gasteiger partial charge in [-0.1, -0.05) is 32.0 Å². The molecule has 0 aromatic heterocycles. The van der Waals surface area contributed by atoms with Crippen molar-refractivity contribution in [3.05, 3.63) is 29.8 Å². The Hall–Kier alpha value is -1.84. The highest BCUT2D eigenvalue weighted by Crippen LogP contribution is 2.35. The van der Waals surface area contributed by atoms with Crippen LogP contribution in [0, 0.1) is 5.92 Å². The van der Waals surface area contributed by atoms with Crippen molar-refractivity contribution < 1.29 is 14.7 Å². The van der Waals surface area contributed by atoms with E-state index < -0.39 is 11.9 Å². The molecule has 102 valence electrons. The second-order valence-electron chi connectivity index (χ2n) is 5.38. The van der Waals surface area contributed by atoms with E-state index in [2.05, 4.69) is 0 Å². The molecule has 0 saturated carbocycles. The lowest BCUT2D eigenvalue weighted by Crippen LogP contribution is -2.38. The van der Waals surface area contributed by atoms with Gasteiger partial charge in [0.05, 0.1) is 5.92 Å². The normalized spacial score (nSPS) is 18.3. The average Bonchev–Trinajstić information content (AvgIpc) is 2.36. The number of carboxylic acids is 1. The summed E-state index contributed by atoms with van der Waals surface area (Å²) in [5.74, 6) is -0.939. The molecule has 4 heteroatoms. The van der Waals surface area contributed by atoms with Gasteiger partial charge >= 0.3 is 5.97 Å². The van der Waals surface area contributed by atoms with Gasteiger partial charge in [0, 0.05) is 18.7 Å². The van der Waals surface area contributed by atoms with Gasteiger partial charge in [0.15, 0.2) is 0 Å². The largest absolute Gasteiger partial charge is 0.481 e. The Morgan fingerprint density at radius 3 is 2.68 bits per heavy atom. The Labute approximate surface area is 113 Å². The minimum Gasteiger partial charge on any atom is -0.481 e. The van der Waals surface area contributed by atoms with E-state index in [0.29, 0.717) is 25.3 Å². The zero-order valence-corrected chi connectivity index (χ0v) is 11.3. The lowest BCUT2D eigenvalue weighted by Gasteiger charge is -2.33. The summed E-state index contributed by atoms with van der Waals surface area (Å²) < 4.78 is 0. The molecule has 1 aromatic carbocycles. The van der Waals surface area contributed by atoms with Crippen LogP contribution in [0.5, 0.6) is 0 Å². The van der Waals surface area contributed by atoms with Gasteiger partial charge in [-0.05, 0) is 24.0 Å². The van der Waals surface area contributed by atoms with Crippen molar-refractivity contribution in [1.29, 1.82) is 0 Å². The highest BCUT2D eigenvalue weighted by Gasteiger charge is 2.32. The first-order chi connectivity index (χ1) is 9.00. The van der Waals surface area contributed by atoms with Crippen LogP contribution in [-0.4, -0.2) is 23.5 Å². The third-order valence-electron chi connectivity index (χ3n) is 3.43. The summed E-state index contributed by atoms with van der Waals surface area (Å²) in [5.41, 5.74) is 1.50. The maximum absolute atomic E-state index is 12.2. The van der Waals surface area contributed by atoms with Gasteiger partial charge in [0.1, 0.15) is 0 Å². The number of nitrogens with zero attached hydrogens (tertiary/aromatic N) is 1. The number of hydrogen-bond donors (Lipinski definition) is 1. The quantitative estimate of drug-likeness (QED) is 0.910. The molecule has 1 amide bonds. The molecule has 0 bridgehead atoms. The van der Waals surface area contributed by atoms with E-state index in [1.807, 2.05) is 38.1 Å². The van der Waals surface area contributed by atoms with Crippen LogP contribution in [0.3, 0.4) is 0 Å². The Morgan fingerprint density at radius 2 is 2.05 bits per heavy atom. The maximum Gasteiger partial charge on any atom is 0.311 e. The van der Waals surface area contributed by atoms with E-state index in [0.717, 1.165) is 11.3 Å². The molecule has 1 atom stereocenters. The minimum atomic E-state index is -0.816. The summed E-state index contributed by atoms with van der Waals surface area (Å²) in [4.78, 5) is 25.2. The van der Waals surface area contributed by atoms with Crippen LogP contribution in [0.15, 0.2) is 24.3 Å². The van der Waals surface area contributed by atoms with Gasteiger partial charge in [0.2, 0.25) is 5.91 Å². The number of carbonyl (C=O) groups excluding carboxylic acids is 1. The van der Waals surface area contributed by atoms with E-state index >= 15 is 0 Å². The van der Waals surface area contributed by atoms with Crippen molar-refractivity contribution in [1.82, 2.24) is 0 Å². The number of hydrogen-bond acceptors (Lipinski definition) is 2. The molecule has 19 heavy (non-hydrogen) atoms. The van der Waals surface area contributed by atoms with Crippen molar-refractivity contribution >= 4 is 17.6 Å². The minimum absolute atomic E-state index is 0.0753. The van der Waals surface area contributed by atoms with Crippen LogP contribution < -0.4 is 4.90 Å². The Kier molecular flexibility index (Phi) is 3.88. The maximum atomic E-state index is 12.2. The number of carbonyl (C=O) groups is 2. The zero-order valence-electron chi connectivity index (χ0n) is 11.3. The third kappa shape index (κ3) is 2.78. The molecule has 0 aliphatic carbocycles. The first-order valence-electron chi connectivity index (χ1n) is 6.62. The molecule has 0 radical (unpaired) electrons. The first-order valence-corrected chi connectivity index (χ1v) is 6.62. The van der Waals surface area contributed by atoms with Gasteiger partial charge in [-0.3, -0.25) is 9.59 Å². The molecular formula is C15H19NO3. The van der Waals surface area contributed by atoms with Crippen molar-refractivity contribution in [2.75, 3.05) is 11.4 Å². The zero-order chi connectivity index (χ0) is 14.0. The number of aliphatic carboxylic acids is 1. The fourth-order valence-electron chi connectivity index (χ4n) is 2.54. The molecule has 1 aromatic rings. The van der Waals surface area contributed by atoms with Crippen LogP contribution in [0.4, 0.5) is 5.69 Å². The summed E-state index contributed by atoms with van der Waals surface area (Å²) in [6.45, 7) is 4.50. The van der Waals surface area contributed by atoms with Gasteiger partial charge < -0.3 is 10.0 Å². The predicted molar refractivity (Wildman–Crippen MR) is 73.2 cm³/mol. The van der Waals surface area contributed by atoms with Gasteiger partial charge in [-0.15, -0.1) is 0 Å². The topological polar surface area (TPSA) is 57.6 Å². The molecule has 0 spiro atoms. The summed E-state index contributed by atoms with van der Waals surface area (Å²) in [7, 11) is 0. The van der Waals surface area contributed by atoms with Gasteiger partial charge in [-0.25, -0.2) is 0 Å². The average molecular weight is 261 g/mol. The van der Waals surface area contributed by atoms with Crippen LogP contribution in [0.1, 0.15) is 38.2 Å². The van der Waals surface area contributed by atoms with Crippen molar-refractivity contribution in [3.63, 3.8) is 0 Å². The van der Waals surface area contributed by atoms with E-state index in [9.17, 15) is 14.7 Å². The van der Waals surface area contributed by atoms with Gasteiger partial charge in [-0.2, -0.15) is 0 Å². The van der Waals surface area contributed by atoms with Crippen LogP contribution in [-0.2, 0) is 9.59 Å². The van der Waals surface area contributed by atoms with E-state index in [1.54, 1.807) is 4.90 Å². The molecule has 4 nitrogen and oxygen atoms in total. The monoisotopic (exact) mass is 261 g/mol. The fraction of sp³-hybridized carbons (Fsp3) is 0.467. The lowest BCUT2D eigenvalue weighted by molar-refractivity contribution is -0.139. The number of amides is 1. The van der Waals surface area contributed by atoms with Crippen LogP contribution >= 0.6 is 0 Å². The van der Waals surface area contributed by atoms with E-state index in [4.69, 9.17) is 0 Å². The molecular weight excluding hydrogens is 242 g/mol. The highest BCUT2D eigenvalue weighted by molar-refractivity contribution is 5.96. The number of rotatable bonds is 3. The van der Waals surface area contributed by atoms with Crippen molar-refractivity contribution in [2.45, 2.75) is 32.6 Å². The van der Waals surface area contributed by atoms with Gasteiger partial charge in [0.25, 0.3) is 0 Å². The fourth-order valence-corrected chi connectivity index (χ4v) is 2.54. The van der Waals surface area contributed by atoms with Crippen molar-refractivity contribution in [2.24, 2.45) is 5.92 Å². The molecule has 0 saturated heterocycles. The third-order valence-corrected chi connectivity index (χ3v) is 3.43. The standard InChI is InChI=1S/C15H19NO3/c1-10(2)9-14(17)16-8-7-12(15(18)19)11-5-3-4-6-13(11)16/h3-6,10,12H,7-9H2,1-2H3,(H,18,19).